The number of allylic oxidation sites excluding steroid dienone is 1. The average Bonchev–Trinajstić information content (AvgIpc) is 3.18. The number of carbonyl (C=O) groups excluding carboxylic acids is 2. The Morgan fingerprint density at radius 1 is 1.08 bits per heavy atom. The predicted molar refractivity (Wildman–Crippen MR) is 96.5 cm³/mol. The van der Waals surface area contributed by atoms with Gasteiger partial charge in [-0.3, -0.25) is 14.9 Å². The Morgan fingerprint density at radius 2 is 1.92 bits per heavy atom. The first kappa shape index (κ1) is 15.7. The molecule has 0 radical (unpaired) electrons. The van der Waals surface area contributed by atoms with Gasteiger partial charge in [-0.05, 0) is 59.1 Å². The van der Waals surface area contributed by atoms with Gasteiger partial charge >= 0.3 is 0 Å². The summed E-state index contributed by atoms with van der Waals surface area (Å²) in [6, 6.07) is 13.9. The molecule has 0 aliphatic carbocycles. The quantitative estimate of drug-likeness (QED) is 0.693. The van der Waals surface area contributed by atoms with Crippen LogP contribution in [-0.2, 0) is 11.2 Å². The molecular formula is C19H13FN2O2S. The highest BCUT2D eigenvalue weighted by Crippen LogP contribution is 2.36. The van der Waals surface area contributed by atoms with Crippen LogP contribution >= 0.6 is 11.8 Å². The highest BCUT2D eigenvalue weighted by atomic mass is 32.2. The van der Waals surface area contributed by atoms with Gasteiger partial charge in [0.1, 0.15) is 5.82 Å². The zero-order valence-corrected chi connectivity index (χ0v) is 13.8. The molecule has 1 aromatic heterocycles. The highest BCUT2D eigenvalue weighted by Gasteiger charge is 2.29. The third kappa shape index (κ3) is 2.96. The van der Waals surface area contributed by atoms with Gasteiger partial charge in [-0.1, -0.05) is 24.3 Å². The van der Waals surface area contributed by atoms with Crippen LogP contribution in [0.15, 0.2) is 59.6 Å². The molecule has 1 fully saturated rings. The first-order valence-corrected chi connectivity index (χ1v) is 8.51. The average molecular weight is 352 g/mol. The van der Waals surface area contributed by atoms with E-state index in [9.17, 15) is 14.0 Å². The molecule has 0 atom stereocenters. The second-order valence-corrected chi connectivity index (χ2v) is 6.69. The lowest BCUT2D eigenvalue weighted by molar-refractivity contribution is -0.115. The van der Waals surface area contributed by atoms with Crippen molar-refractivity contribution in [1.82, 2.24) is 10.3 Å². The summed E-state index contributed by atoms with van der Waals surface area (Å²) in [6.45, 7) is 0. The van der Waals surface area contributed by atoms with Gasteiger partial charge in [0, 0.05) is 17.1 Å². The van der Waals surface area contributed by atoms with E-state index in [4.69, 9.17) is 0 Å². The standard InChI is InChI=1S/C19H13FN2O2S/c20-12-4-1-3-11(9-12)10-15(17-18(23)22-19(24)25-17)13-5-2-6-16-14(13)7-8-21-16/h1-9,21H,10H2,(H,22,23,24). The second kappa shape index (κ2) is 6.22. The molecule has 0 spiro atoms. The van der Waals surface area contributed by atoms with Crippen LogP contribution in [0.5, 0.6) is 0 Å². The number of rotatable bonds is 3. The lowest BCUT2D eigenvalue weighted by Gasteiger charge is -2.12. The minimum Gasteiger partial charge on any atom is -0.361 e. The first-order valence-electron chi connectivity index (χ1n) is 7.69. The van der Waals surface area contributed by atoms with E-state index in [2.05, 4.69) is 10.3 Å². The van der Waals surface area contributed by atoms with Gasteiger partial charge in [-0.15, -0.1) is 0 Å². The number of nitrogens with one attached hydrogen (secondary N) is 2. The van der Waals surface area contributed by atoms with E-state index in [0.717, 1.165) is 33.8 Å². The summed E-state index contributed by atoms with van der Waals surface area (Å²) in [5, 5.41) is 2.86. The number of hydrogen-bond acceptors (Lipinski definition) is 3. The molecule has 2 aromatic carbocycles. The Labute approximate surface area is 147 Å². The van der Waals surface area contributed by atoms with Crippen molar-refractivity contribution in [3.63, 3.8) is 0 Å². The second-order valence-electron chi connectivity index (χ2n) is 5.70. The van der Waals surface area contributed by atoms with E-state index in [-0.39, 0.29) is 5.82 Å². The third-order valence-corrected chi connectivity index (χ3v) is 5.00. The fourth-order valence-corrected chi connectivity index (χ4v) is 3.79. The topological polar surface area (TPSA) is 62.0 Å². The molecule has 6 heteroatoms. The minimum atomic E-state index is -0.408. The summed E-state index contributed by atoms with van der Waals surface area (Å²) in [6.07, 6.45) is 2.18. The number of aromatic amines is 1. The summed E-state index contributed by atoms with van der Waals surface area (Å²) in [5.41, 5.74) is 3.24. The van der Waals surface area contributed by atoms with Crippen molar-refractivity contribution in [2.45, 2.75) is 6.42 Å². The van der Waals surface area contributed by atoms with Crippen molar-refractivity contribution >= 4 is 39.4 Å². The van der Waals surface area contributed by atoms with Crippen LogP contribution in [0.25, 0.3) is 16.5 Å². The monoisotopic (exact) mass is 352 g/mol. The number of benzene rings is 2. The van der Waals surface area contributed by atoms with E-state index < -0.39 is 11.1 Å². The smallest absolute Gasteiger partial charge is 0.290 e. The number of amides is 2. The molecule has 2 N–H and O–H groups in total. The molecule has 1 saturated heterocycles. The lowest BCUT2D eigenvalue weighted by Crippen LogP contribution is -2.18. The Bertz CT molecular complexity index is 1040. The fraction of sp³-hybridized carbons (Fsp3) is 0.0526. The molecule has 0 saturated carbocycles. The van der Waals surface area contributed by atoms with Crippen molar-refractivity contribution in [3.05, 3.63) is 76.6 Å². The van der Waals surface area contributed by atoms with E-state index in [0.29, 0.717) is 16.9 Å². The normalized spacial score (nSPS) is 16.4. The molecule has 4 nitrogen and oxygen atoms in total. The molecule has 2 amide bonds. The molecule has 1 aliphatic rings. The zero-order valence-electron chi connectivity index (χ0n) is 13.0. The summed E-state index contributed by atoms with van der Waals surface area (Å²) >= 11 is 0.887. The number of halogens is 1. The maximum atomic E-state index is 13.6. The van der Waals surface area contributed by atoms with Gasteiger partial charge in [0.05, 0.1) is 4.91 Å². The van der Waals surface area contributed by atoms with Crippen LogP contribution in [0.4, 0.5) is 9.18 Å². The largest absolute Gasteiger partial charge is 0.361 e. The SMILES string of the molecule is O=C1NC(=O)C(=C(Cc2cccc(F)c2)c2cccc3[nH]ccc23)S1. The molecule has 0 unspecified atom stereocenters. The van der Waals surface area contributed by atoms with Crippen LogP contribution in [0.2, 0.25) is 0 Å². The van der Waals surface area contributed by atoms with Crippen molar-refractivity contribution < 1.29 is 14.0 Å². The lowest BCUT2D eigenvalue weighted by atomic mass is 9.95. The summed E-state index contributed by atoms with van der Waals surface area (Å²) in [5.74, 6) is -0.741. The Morgan fingerprint density at radius 3 is 2.68 bits per heavy atom. The van der Waals surface area contributed by atoms with Crippen molar-refractivity contribution in [1.29, 1.82) is 0 Å². The van der Waals surface area contributed by atoms with E-state index >= 15 is 0 Å². The molecular weight excluding hydrogens is 339 g/mol. The number of fused-ring (bicyclic) bond motifs is 1. The zero-order chi connectivity index (χ0) is 17.4. The maximum absolute atomic E-state index is 13.6. The molecule has 2 heterocycles. The van der Waals surface area contributed by atoms with Crippen LogP contribution in [0.3, 0.4) is 0 Å². The predicted octanol–water partition coefficient (Wildman–Crippen LogP) is 4.24. The van der Waals surface area contributed by atoms with Crippen LogP contribution in [0, 0.1) is 5.82 Å². The van der Waals surface area contributed by atoms with Gasteiger partial charge in [-0.25, -0.2) is 4.39 Å². The maximum Gasteiger partial charge on any atom is 0.290 e. The number of imide groups is 1. The number of aromatic nitrogens is 1. The number of H-pyrrole nitrogens is 1. The van der Waals surface area contributed by atoms with E-state index in [1.807, 2.05) is 30.5 Å². The van der Waals surface area contributed by atoms with Crippen LogP contribution in [0.1, 0.15) is 11.1 Å². The number of carbonyl (C=O) groups is 2. The molecule has 25 heavy (non-hydrogen) atoms. The van der Waals surface area contributed by atoms with Gasteiger partial charge < -0.3 is 4.98 Å². The molecule has 124 valence electrons. The minimum absolute atomic E-state index is 0.332. The van der Waals surface area contributed by atoms with Gasteiger partial charge in [0.2, 0.25) is 0 Å². The number of thioether (sulfide) groups is 1. The van der Waals surface area contributed by atoms with Gasteiger partial charge in [0.15, 0.2) is 0 Å². The Kier molecular flexibility index (Phi) is 3.89. The molecule has 0 bridgehead atoms. The highest BCUT2D eigenvalue weighted by molar-refractivity contribution is 8.18. The van der Waals surface area contributed by atoms with Crippen molar-refractivity contribution in [2.24, 2.45) is 0 Å². The molecule has 1 aliphatic heterocycles. The van der Waals surface area contributed by atoms with Crippen molar-refractivity contribution in [2.75, 3.05) is 0 Å². The first-order chi connectivity index (χ1) is 12.1. The molecule has 3 aromatic rings. The Hall–Kier alpha value is -2.86. The third-order valence-electron chi connectivity index (χ3n) is 4.08. The van der Waals surface area contributed by atoms with Crippen molar-refractivity contribution in [3.8, 4) is 0 Å². The fourth-order valence-electron chi connectivity index (χ4n) is 3.01. The van der Waals surface area contributed by atoms with Crippen LogP contribution < -0.4 is 5.32 Å². The van der Waals surface area contributed by atoms with Crippen LogP contribution in [-0.4, -0.2) is 16.1 Å². The van der Waals surface area contributed by atoms with E-state index in [1.165, 1.54) is 12.1 Å². The molecule has 4 rings (SSSR count). The van der Waals surface area contributed by atoms with E-state index in [1.54, 1.807) is 12.1 Å². The van der Waals surface area contributed by atoms with Gasteiger partial charge in [0.25, 0.3) is 11.1 Å². The summed E-state index contributed by atoms with van der Waals surface area (Å²) < 4.78 is 13.6. The number of hydrogen-bond donors (Lipinski definition) is 2. The van der Waals surface area contributed by atoms with Gasteiger partial charge in [-0.2, -0.15) is 0 Å². The Balaban J connectivity index is 1.90. The summed E-state index contributed by atoms with van der Waals surface area (Å²) in [7, 11) is 0. The summed E-state index contributed by atoms with van der Waals surface area (Å²) in [4.78, 5) is 27.4.